The molecule has 0 spiro atoms. The fraction of sp³-hybridized carbons (Fsp3) is 0.381. The highest BCUT2D eigenvalue weighted by Crippen LogP contribution is 2.32. The van der Waals surface area contributed by atoms with Crippen LogP contribution in [0.4, 0.5) is 5.69 Å². The monoisotopic (exact) mass is 470 g/mol. The van der Waals surface area contributed by atoms with Gasteiger partial charge in [-0.15, -0.1) is 0 Å². The minimum Gasteiger partial charge on any atom is -0.497 e. The Kier molecular flexibility index (Phi) is 8.02. The van der Waals surface area contributed by atoms with Crippen LogP contribution in [0, 0.1) is 0 Å². The number of nitrogens with zero attached hydrogens (tertiary/aromatic N) is 1. The number of carbonyl (C=O) groups is 1. The summed E-state index contributed by atoms with van der Waals surface area (Å²) in [6.45, 7) is 3.28. The van der Waals surface area contributed by atoms with Crippen molar-refractivity contribution in [2.45, 2.75) is 25.9 Å². The Labute approximate surface area is 188 Å². The van der Waals surface area contributed by atoms with Crippen molar-refractivity contribution in [3.05, 3.63) is 47.0 Å². The Hall–Kier alpha value is -2.65. The van der Waals surface area contributed by atoms with E-state index in [2.05, 4.69) is 5.32 Å². The molecule has 2 unspecified atom stereocenters. The summed E-state index contributed by atoms with van der Waals surface area (Å²) in [5.41, 5.74) is 0.948. The van der Waals surface area contributed by atoms with Gasteiger partial charge in [0.1, 0.15) is 23.3 Å². The Balaban J connectivity index is 2.33. The molecule has 0 aromatic heterocycles. The predicted octanol–water partition coefficient (Wildman–Crippen LogP) is 3.40. The van der Waals surface area contributed by atoms with Crippen molar-refractivity contribution in [2.24, 2.45) is 0 Å². The Morgan fingerprint density at radius 1 is 1.00 bits per heavy atom. The summed E-state index contributed by atoms with van der Waals surface area (Å²) >= 11 is 6.16. The van der Waals surface area contributed by atoms with Gasteiger partial charge in [0.2, 0.25) is 15.9 Å². The Morgan fingerprint density at radius 2 is 1.61 bits per heavy atom. The number of halogens is 1. The number of rotatable bonds is 9. The van der Waals surface area contributed by atoms with Crippen LogP contribution < -0.4 is 23.8 Å². The van der Waals surface area contributed by atoms with Gasteiger partial charge in [-0.05, 0) is 50.2 Å². The summed E-state index contributed by atoms with van der Waals surface area (Å²) in [6, 6.07) is 8.25. The highest BCUT2D eigenvalue weighted by Gasteiger charge is 2.30. The first-order valence-electron chi connectivity index (χ1n) is 9.38. The largest absolute Gasteiger partial charge is 0.497 e. The van der Waals surface area contributed by atoms with Gasteiger partial charge in [-0.1, -0.05) is 11.6 Å². The first kappa shape index (κ1) is 24.6. The molecule has 0 aliphatic heterocycles. The van der Waals surface area contributed by atoms with E-state index >= 15 is 0 Å². The molecular formula is C21H27ClN2O6S. The molecule has 2 aromatic rings. The lowest BCUT2D eigenvalue weighted by molar-refractivity contribution is -0.122. The van der Waals surface area contributed by atoms with Crippen molar-refractivity contribution < 1.29 is 27.4 Å². The fourth-order valence-electron chi connectivity index (χ4n) is 3.19. The first-order valence-corrected chi connectivity index (χ1v) is 11.6. The number of ether oxygens (including phenoxy) is 3. The van der Waals surface area contributed by atoms with E-state index in [4.69, 9.17) is 25.8 Å². The smallest absolute Gasteiger partial charge is 0.244 e. The molecule has 0 radical (unpaired) electrons. The molecule has 2 aromatic carbocycles. The average molecular weight is 471 g/mol. The van der Waals surface area contributed by atoms with Crippen LogP contribution in [0.5, 0.6) is 17.2 Å². The van der Waals surface area contributed by atoms with Gasteiger partial charge in [-0.2, -0.15) is 0 Å². The summed E-state index contributed by atoms with van der Waals surface area (Å²) in [5, 5.41) is 3.08. The maximum absolute atomic E-state index is 13.0. The molecule has 170 valence electrons. The van der Waals surface area contributed by atoms with Crippen LogP contribution in [0.1, 0.15) is 25.5 Å². The second kappa shape index (κ2) is 10.1. The third kappa shape index (κ3) is 5.74. The molecule has 2 atom stereocenters. The van der Waals surface area contributed by atoms with E-state index in [-0.39, 0.29) is 10.7 Å². The molecule has 31 heavy (non-hydrogen) atoms. The lowest BCUT2D eigenvalue weighted by atomic mass is 10.1. The lowest BCUT2D eigenvalue weighted by Crippen LogP contribution is -2.48. The van der Waals surface area contributed by atoms with Crippen molar-refractivity contribution in [1.82, 2.24) is 5.32 Å². The molecule has 0 aliphatic carbocycles. The third-order valence-corrected chi connectivity index (χ3v) is 6.28. The number of benzene rings is 2. The summed E-state index contributed by atoms with van der Waals surface area (Å²) < 4.78 is 41.8. The van der Waals surface area contributed by atoms with Crippen LogP contribution in [0.25, 0.3) is 0 Å². The number of carbonyl (C=O) groups excluding carboxylic acids is 1. The van der Waals surface area contributed by atoms with Gasteiger partial charge in [0.15, 0.2) is 0 Å². The molecule has 10 heteroatoms. The minimum atomic E-state index is -3.79. The van der Waals surface area contributed by atoms with Crippen molar-refractivity contribution >= 4 is 33.2 Å². The normalized spacial score (nSPS) is 13.1. The zero-order valence-corrected chi connectivity index (χ0v) is 19.9. The van der Waals surface area contributed by atoms with Gasteiger partial charge in [0.25, 0.3) is 0 Å². The van der Waals surface area contributed by atoms with Crippen LogP contribution in [-0.2, 0) is 14.8 Å². The molecule has 0 heterocycles. The number of methoxy groups -OCH3 is 3. The van der Waals surface area contributed by atoms with Gasteiger partial charge in [0.05, 0.1) is 44.3 Å². The molecule has 1 N–H and O–H groups in total. The Morgan fingerprint density at radius 3 is 2.13 bits per heavy atom. The molecule has 1 amide bonds. The SMILES string of the molecule is COc1ccc(OC)c(C(C)NC(=O)C(C)N(c2ccc(OC)c(Cl)c2)S(C)(=O)=O)c1. The molecule has 0 bridgehead atoms. The number of nitrogens with one attached hydrogen (secondary N) is 1. The van der Waals surface area contributed by atoms with E-state index < -0.39 is 28.0 Å². The molecule has 0 aliphatic rings. The highest BCUT2D eigenvalue weighted by molar-refractivity contribution is 7.92. The highest BCUT2D eigenvalue weighted by atomic mass is 35.5. The fourth-order valence-corrected chi connectivity index (χ4v) is 4.61. The van der Waals surface area contributed by atoms with Crippen LogP contribution in [0.15, 0.2) is 36.4 Å². The Bertz CT molecular complexity index is 1040. The number of hydrogen-bond acceptors (Lipinski definition) is 6. The summed E-state index contributed by atoms with van der Waals surface area (Å²) in [5.74, 6) is 1.09. The molecule has 0 saturated heterocycles. The van der Waals surface area contributed by atoms with Gasteiger partial charge in [0, 0.05) is 5.56 Å². The number of anilines is 1. The average Bonchev–Trinajstić information content (AvgIpc) is 2.72. The molecule has 2 rings (SSSR count). The van der Waals surface area contributed by atoms with Gasteiger partial charge >= 0.3 is 0 Å². The van der Waals surface area contributed by atoms with E-state index in [9.17, 15) is 13.2 Å². The van der Waals surface area contributed by atoms with Crippen LogP contribution in [0.3, 0.4) is 0 Å². The van der Waals surface area contributed by atoms with Gasteiger partial charge < -0.3 is 19.5 Å². The van der Waals surface area contributed by atoms with Gasteiger partial charge in [-0.3, -0.25) is 9.10 Å². The summed E-state index contributed by atoms with van der Waals surface area (Å²) in [6.07, 6.45) is 1.03. The molecule has 8 nitrogen and oxygen atoms in total. The second-order valence-electron chi connectivity index (χ2n) is 6.89. The van der Waals surface area contributed by atoms with E-state index in [0.29, 0.717) is 22.8 Å². The standard InChI is InChI=1S/C21H27ClN2O6S/c1-13(17-12-16(28-3)8-10-19(17)29-4)23-21(25)14(2)24(31(6,26)27)15-7-9-20(30-5)18(22)11-15/h7-14H,1-6H3,(H,23,25). The number of sulfonamides is 1. The van der Waals surface area contributed by atoms with E-state index in [1.54, 1.807) is 38.3 Å². The van der Waals surface area contributed by atoms with Crippen molar-refractivity contribution in [3.8, 4) is 17.2 Å². The summed E-state index contributed by atoms with van der Waals surface area (Å²) in [4.78, 5) is 13.0. The van der Waals surface area contributed by atoms with Crippen LogP contribution in [-0.4, -0.2) is 48.0 Å². The molecule has 0 fully saturated rings. The van der Waals surface area contributed by atoms with Crippen LogP contribution in [0.2, 0.25) is 5.02 Å². The van der Waals surface area contributed by atoms with Crippen LogP contribution >= 0.6 is 11.6 Å². The van der Waals surface area contributed by atoms with Crippen molar-refractivity contribution in [2.75, 3.05) is 31.9 Å². The van der Waals surface area contributed by atoms with E-state index in [0.717, 1.165) is 10.6 Å². The van der Waals surface area contributed by atoms with E-state index in [1.807, 2.05) is 0 Å². The first-order chi connectivity index (χ1) is 14.5. The second-order valence-corrected chi connectivity index (χ2v) is 9.16. The molecule has 0 saturated carbocycles. The quantitative estimate of drug-likeness (QED) is 0.603. The topological polar surface area (TPSA) is 94.2 Å². The molecular weight excluding hydrogens is 444 g/mol. The lowest BCUT2D eigenvalue weighted by Gasteiger charge is -2.29. The third-order valence-electron chi connectivity index (χ3n) is 4.74. The van der Waals surface area contributed by atoms with E-state index in [1.165, 1.54) is 33.3 Å². The number of amides is 1. The number of hydrogen-bond donors (Lipinski definition) is 1. The summed E-state index contributed by atoms with van der Waals surface area (Å²) in [7, 11) is 0.735. The zero-order valence-electron chi connectivity index (χ0n) is 18.3. The van der Waals surface area contributed by atoms with Gasteiger partial charge in [-0.25, -0.2) is 8.42 Å². The minimum absolute atomic E-state index is 0.232. The maximum Gasteiger partial charge on any atom is 0.244 e. The zero-order chi connectivity index (χ0) is 23.3. The van der Waals surface area contributed by atoms with Crippen molar-refractivity contribution in [3.63, 3.8) is 0 Å². The van der Waals surface area contributed by atoms with Crippen molar-refractivity contribution in [1.29, 1.82) is 0 Å². The predicted molar refractivity (Wildman–Crippen MR) is 121 cm³/mol. The maximum atomic E-state index is 13.0.